The fourth-order valence-corrected chi connectivity index (χ4v) is 5.15. The lowest BCUT2D eigenvalue weighted by atomic mass is 10.0. The molecule has 1 saturated heterocycles. The first-order valence-electron chi connectivity index (χ1n) is 14.7. The number of aromatic nitrogens is 4. The van der Waals surface area contributed by atoms with E-state index < -0.39 is 12.1 Å². The van der Waals surface area contributed by atoms with Crippen LogP contribution in [0.4, 0.5) is 16.3 Å². The Morgan fingerprint density at radius 1 is 1.12 bits per heavy atom. The monoisotopic (exact) mass is 568 g/mol. The summed E-state index contributed by atoms with van der Waals surface area (Å²) in [4.78, 5) is 31.9. The highest BCUT2D eigenvalue weighted by molar-refractivity contribution is 5.86. The van der Waals surface area contributed by atoms with E-state index in [1.807, 2.05) is 32.1 Å². The highest BCUT2D eigenvalue weighted by Gasteiger charge is 2.25. The second kappa shape index (κ2) is 13.8. The van der Waals surface area contributed by atoms with Gasteiger partial charge in [-0.3, -0.25) is 9.20 Å². The van der Waals surface area contributed by atoms with Gasteiger partial charge in [0.1, 0.15) is 11.9 Å². The Morgan fingerprint density at radius 3 is 2.56 bits per heavy atom. The van der Waals surface area contributed by atoms with E-state index in [-0.39, 0.29) is 24.0 Å². The Labute approximate surface area is 241 Å². The van der Waals surface area contributed by atoms with E-state index in [4.69, 9.17) is 14.5 Å². The van der Waals surface area contributed by atoms with E-state index in [1.165, 1.54) is 0 Å². The van der Waals surface area contributed by atoms with Gasteiger partial charge in [0, 0.05) is 31.9 Å². The Balaban J connectivity index is 1.36. The molecular weight excluding hydrogens is 524 g/mol. The summed E-state index contributed by atoms with van der Waals surface area (Å²) >= 11 is 0. The second-order valence-corrected chi connectivity index (χ2v) is 11.1. The average Bonchev–Trinajstić information content (AvgIpc) is 3.33. The minimum atomic E-state index is -0.641. The van der Waals surface area contributed by atoms with Crippen molar-refractivity contribution in [1.29, 1.82) is 0 Å². The fraction of sp³-hybridized carbons (Fsp3) is 0.621. The number of fused-ring (bicyclic) bond motifs is 3. The third-order valence-electron chi connectivity index (χ3n) is 7.11. The molecule has 2 amide bonds. The molecule has 2 aromatic heterocycles. The molecule has 0 aliphatic carbocycles. The van der Waals surface area contributed by atoms with E-state index in [0.717, 1.165) is 54.9 Å². The van der Waals surface area contributed by atoms with Crippen LogP contribution in [-0.4, -0.2) is 82.6 Å². The van der Waals surface area contributed by atoms with Gasteiger partial charge in [0.25, 0.3) is 0 Å². The van der Waals surface area contributed by atoms with Crippen molar-refractivity contribution in [3.63, 3.8) is 0 Å². The standard InChI is InChI=1S/C29H44N8O4/c1-7-14-40-29(39)33-25(18(2)3)28(38)31-13-9-8-12-30-26-27-35-34-21(6)37(27)24-11-10-22(15-23(24)32-26)36-16-19(4)41-20(5)17-36/h10-11,15,18-20,25H,7-9,12-14,16-17H2,1-6H3,(H,30,32)(H,31,38)(H,33,39)/t19-,20+,25-/m0/s1. The zero-order chi connectivity index (χ0) is 29.5. The van der Waals surface area contributed by atoms with Crippen molar-refractivity contribution in [2.75, 3.05) is 43.0 Å². The third kappa shape index (κ3) is 7.55. The summed E-state index contributed by atoms with van der Waals surface area (Å²) in [5.41, 5.74) is 3.63. The van der Waals surface area contributed by atoms with Crippen LogP contribution in [0.1, 0.15) is 59.7 Å². The van der Waals surface area contributed by atoms with E-state index in [9.17, 15) is 9.59 Å². The molecule has 4 rings (SSSR count). The van der Waals surface area contributed by atoms with Gasteiger partial charge in [-0.05, 0) is 64.2 Å². The molecule has 1 aliphatic rings. The Kier molecular flexibility index (Phi) is 10.2. The first-order valence-corrected chi connectivity index (χ1v) is 14.7. The van der Waals surface area contributed by atoms with Gasteiger partial charge >= 0.3 is 6.09 Å². The molecule has 12 heteroatoms. The predicted octanol–water partition coefficient (Wildman–Crippen LogP) is 3.67. The van der Waals surface area contributed by atoms with Crippen molar-refractivity contribution >= 4 is 40.2 Å². The van der Waals surface area contributed by atoms with Gasteiger partial charge in [0.15, 0.2) is 5.82 Å². The molecule has 0 saturated carbocycles. The summed E-state index contributed by atoms with van der Waals surface area (Å²) in [6.07, 6.45) is 2.07. The van der Waals surface area contributed by atoms with Crippen LogP contribution in [0.15, 0.2) is 18.2 Å². The number of ether oxygens (including phenoxy) is 2. The van der Waals surface area contributed by atoms with Gasteiger partial charge in [0.05, 0.1) is 29.8 Å². The molecule has 224 valence electrons. The second-order valence-electron chi connectivity index (χ2n) is 11.1. The average molecular weight is 569 g/mol. The smallest absolute Gasteiger partial charge is 0.407 e. The summed E-state index contributed by atoms with van der Waals surface area (Å²) in [7, 11) is 0. The third-order valence-corrected chi connectivity index (χ3v) is 7.11. The van der Waals surface area contributed by atoms with Crippen molar-refractivity contribution < 1.29 is 19.1 Å². The summed E-state index contributed by atoms with van der Waals surface area (Å²) in [6.45, 7) is 15.0. The number of hydrogen-bond donors (Lipinski definition) is 3. The molecule has 1 fully saturated rings. The molecule has 0 bridgehead atoms. The van der Waals surface area contributed by atoms with E-state index in [1.54, 1.807) is 0 Å². The first-order chi connectivity index (χ1) is 19.7. The Hall–Kier alpha value is -3.67. The fourth-order valence-electron chi connectivity index (χ4n) is 5.15. The van der Waals surface area contributed by atoms with Crippen LogP contribution in [0.3, 0.4) is 0 Å². The van der Waals surface area contributed by atoms with E-state index >= 15 is 0 Å². The number of hydrogen-bond acceptors (Lipinski definition) is 9. The van der Waals surface area contributed by atoms with Gasteiger partial charge in [-0.2, -0.15) is 0 Å². The number of benzene rings is 1. The predicted molar refractivity (Wildman–Crippen MR) is 159 cm³/mol. The maximum atomic E-state index is 12.7. The number of alkyl carbamates (subject to hydrolysis) is 1. The van der Waals surface area contributed by atoms with Gasteiger partial charge in [-0.15, -0.1) is 10.2 Å². The zero-order valence-electron chi connectivity index (χ0n) is 25.1. The number of rotatable bonds is 12. The summed E-state index contributed by atoms with van der Waals surface area (Å²) in [5.74, 6) is 1.21. The molecule has 1 aliphatic heterocycles. The molecule has 0 spiro atoms. The lowest BCUT2D eigenvalue weighted by Gasteiger charge is -2.36. The van der Waals surface area contributed by atoms with Crippen LogP contribution < -0.4 is 20.9 Å². The molecular formula is C29H44N8O4. The Bertz CT molecular complexity index is 1330. The summed E-state index contributed by atoms with van der Waals surface area (Å²) in [5, 5.41) is 17.7. The Morgan fingerprint density at radius 2 is 1.85 bits per heavy atom. The molecule has 12 nitrogen and oxygen atoms in total. The van der Waals surface area contributed by atoms with Gasteiger partial charge in [0.2, 0.25) is 11.6 Å². The van der Waals surface area contributed by atoms with Gasteiger partial charge in [-0.25, -0.2) is 9.78 Å². The van der Waals surface area contributed by atoms with Crippen molar-refractivity contribution in [2.24, 2.45) is 5.92 Å². The number of amides is 2. The van der Waals surface area contributed by atoms with Crippen molar-refractivity contribution in [2.45, 2.75) is 79.1 Å². The highest BCUT2D eigenvalue weighted by Crippen LogP contribution is 2.27. The molecule has 0 unspecified atom stereocenters. The molecule has 3 aromatic rings. The highest BCUT2D eigenvalue weighted by atomic mass is 16.5. The molecule has 3 N–H and O–H groups in total. The number of anilines is 2. The number of carbonyl (C=O) groups is 2. The summed E-state index contributed by atoms with van der Waals surface area (Å²) < 4.78 is 13.0. The number of nitrogens with one attached hydrogen (secondary N) is 3. The largest absolute Gasteiger partial charge is 0.450 e. The first kappa shape index (κ1) is 30.3. The molecule has 0 radical (unpaired) electrons. The van der Waals surface area contributed by atoms with Gasteiger partial charge < -0.3 is 30.3 Å². The number of nitrogens with zero attached hydrogens (tertiary/aromatic N) is 5. The van der Waals surface area contributed by atoms with Crippen molar-refractivity contribution in [3.8, 4) is 0 Å². The van der Waals surface area contributed by atoms with Crippen LogP contribution in [0.2, 0.25) is 0 Å². The van der Waals surface area contributed by atoms with Crippen molar-refractivity contribution in [1.82, 2.24) is 30.2 Å². The SMILES string of the molecule is CCCOC(=O)N[C@H](C(=O)NCCCCNc1nc2cc(N3C[C@@H](C)O[C@@H](C)C3)ccc2n2c(C)nnc12)C(C)C. The van der Waals surface area contributed by atoms with Crippen LogP contribution >= 0.6 is 0 Å². The lowest BCUT2D eigenvalue weighted by Crippen LogP contribution is -2.50. The topological polar surface area (TPSA) is 135 Å². The normalized spacial score (nSPS) is 18.1. The van der Waals surface area contributed by atoms with Crippen molar-refractivity contribution in [3.05, 3.63) is 24.0 Å². The van der Waals surface area contributed by atoms with Crippen LogP contribution in [-0.2, 0) is 14.3 Å². The lowest BCUT2D eigenvalue weighted by molar-refractivity contribution is -0.124. The minimum Gasteiger partial charge on any atom is -0.450 e. The molecule has 3 atom stereocenters. The van der Waals surface area contributed by atoms with Gasteiger partial charge in [-0.1, -0.05) is 20.8 Å². The number of morpholine rings is 1. The van der Waals surface area contributed by atoms with Crippen LogP contribution in [0.25, 0.3) is 16.7 Å². The molecule has 1 aromatic carbocycles. The van der Waals surface area contributed by atoms with E-state index in [0.29, 0.717) is 31.2 Å². The molecule has 41 heavy (non-hydrogen) atoms. The van der Waals surface area contributed by atoms with Crippen LogP contribution in [0, 0.1) is 12.8 Å². The maximum Gasteiger partial charge on any atom is 0.407 e. The zero-order valence-corrected chi connectivity index (χ0v) is 25.1. The quantitative estimate of drug-likeness (QED) is 0.280. The summed E-state index contributed by atoms with van der Waals surface area (Å²) in [6, 6.07) is 5.69. The minimum absolute atomic E-state index is 0.0607. The number of aryl methyl sites for hydroxylation is 1. The maximum absolute atomic E-state index is 12.7. The van der Waals surface area contributed by atoms with E-state index in [2.05, 4.69) is 63.1 Å². The number of carbonyl (C=O) groups excluding carboxylic acids is 2. The van der Waals surface area contributed by atoms with Crippen LogP contribution in [0.5, 0.6) is 0 Å². The molecule has 3 heterocycles. The number of unbranched alkanes of at least 4 members (excludes halogenated alkanes) is 1.